The fourth-order valence-corrected chi connectivity index (χ4v) is 2.44. The lowest BCUT2D eigenvalue weighted by Crippen LogP contribution is -2.25. The Labute approximate surface area is 148 Å². The van der Waals surface area contributed by atoms with Gasteiger partial charge in [-0.15, -0.1) is 0 Å². The highest BCUT2D eigenvalue weighted by Gasteiger charge is 2.15. The number of nitrogens with one attached hydrogen (secondary N) is 1. The van der Waals surface area contributed by atoms with Gasteiger partial charge >= 0.3 is 0 Å². The van der Waals surface area contributed by atoms with Gasteiger partial charge in [-0.25, -0.2) is 4.98 Å². The van der Waals surface area contributed by atoms with E-state index in [1.54, 1.807) is 30.5 Å². The lowest BCUT2D eigenvalue weighted by molar-refractivity contribution is 0.0948. The fourth-order valence-electron chi connectivity index (χ4n) is 2.44. The van der Waals surface area contributed by atoms with Crippen molar-refractivity contribution >= 4 is 5.91 Å². The van der Waals surface area contributed by atoms with Gasteiger partial charge in [-0.3, -0.25) is 4.79 Å². The van der Waals surface area contributed by atoms with Gasteiger partial charge in [0.05, 0.1) is 6.26 Å². The smallest absolute Gasteiger partial charge is 0.273 e. The van der Waals surface area contributed by atoms with Crippen molar-refractivity contribution in [2.75, 3.05) is 13.3 Å². The molecule has 3 heterocycles. The van der Waals surface area contributed by atoms with E-state index in [9.17, 15) is 4.79 Å². The van der Waals surface area contributed by atoms with E-state index in [1.807, 2.05) is 6.07 Å². The quantitative estimate of drug-likeness (QED) is 0.695. The summed E-state index contributed by atoms with van der Waals surface area (Å²) in [6.07, 6.45) is 3.51. The number of rotatable bonds is 7. The lowest BCUT2D eigenvalue weighted by Gasteiger charge is -2.04. The van der Waals surface area contributed by atoms with Crippen molar-refractivity contribution in [2.24, 2.45) is 0 Å². The highest BCUT2D eigenvalue weighted by molar-refractivity contribution is 5.91. The zero-order valence-corrected chi connectivity index (χ0v) is 13.8. The maximum absolute atomic E-state index is 12.1. The summed E-state index contributed by atoms with van der Waals surface area (Å²) < 4.78 is 26.6. The molecule has 3 aromatic rings. The highest BCUT2D eigenvalue weighted by Crippen LogP contribution is 2.35. The molecule has 1 aliphatic rings. The first kappa shape index (κ1) is 16.1. The number of hydrogen-bond acceptors (Lipinski definition) is 7. The predicted octanol–water partition coefficient (Wildman–Crippen LogP) is 2.55. The van der Waals surface area contributed by atoms with Gasteiger partial charge < -0.3 is 28.4 Å². The number of benzene rings is 1. The first-order valence-electron chi connectivity index (χ1n) is 8.05. The van der Waals surface area contributed by atoms with Crippen molar-refractivity contribution in [1.82, 2.24) is 10.3 Å². The normalized spacial score (nSPS) is 12.2. The van der Waals surface area contributed by atoms with Crippen LogP contribution in [-0.2, 0) is 13.0 Å². The van der Waals surface area contributed by atoms with Crippen molar-refractivity contribution in [1.29, 1.82) is 0 Å². The van der Waals surface area contributed by atoms with Crippen LogP contribution in [0.1, 0.15) is 22.1 Å². The summed E-state index contributed by atoms with van der Waals surface area (Å²) in [5.74, 6) is 2.71. The van der Waals surface area contributed by atoms with Crippen LogP contribution in [0, 0.1) is 0 Å². The Hall–Kier alpha value is -3.42. The Morgan fingerprint density at radius 2 is 2.12 bits per heavy atom. The maximum atomic E-state index is 12.1. The third-order valence-electron chi connectivity index (χ3n) is 3.73. The molecule has 1 aliphatic heterocycles. The van der Waals surface area contributed by atoms with Crippen molar-refractivity contribution in [3.63, 3.8) is 0 Å². The largest absolute Gasteiger partial charge is 0.484 e. The van der Waals surface area contributed by atoms with Crippen LogP contribution in [0.5, 0.6) is 17.2 Å². The number of furan rings is 1. The zero-order valence-electron chi connectivity index (χ0n) is 13.8. The lowest BCUT2D eigenvalue weighted by atomic mass is 10.3. The molecule has 0 spiro atoms. The predicted molar refractivity (Wildman–Crippen MR) is 88.1 cm³/mol. The number of carbonyl (C=O) groups is 1. The number of fused-ring (bicyclic) bond motifs is 1. The Kier molecular flexibility index (Phi) is 4.46. The summed E-state index contributed by atoms with van der Waals surface area (Å²) in [5.41, 5.74) is 0.203. The molecule has 0 saturated carbocycles. The third-order valence-corrected chi connectivity index (χ3v) is 3.73. The van der Waals surface area contributed by atoms with Crippen LogP contribution in [-0.4, -0.2) is 24.2 Å². The average Bonchev–Trinajstić information content (AvgIpc) is 3.40. The molecule has 0 aliphatic carbocycles. The van der Waals surface area contributed by atoms with Gasteiger partial charge in [-0.1, -0.05) is 0 Å². The number of hydrogen-bond donors (Lipinski definition) is 1. The molecular weight excluding hydrogens is 340 g/mol. The number of aromatic nitrogens is 1. The van der Waals surface area contributed by atoms with Gasteiger partial charge in [0, 0.05) is 19.0 Å². The second-order valence-electron chi connectivity index (χ2n) is 5.52. The molecule has 8 heteroatoms. The molecule has 2 aromatic heterocycles. The molecule has 0 fully saturated rings. The van der Waals surface area contributed by atoms with E-state index in [4.69, 9.17) is 23.0 Å². The monoisotopic (exact) mass is 356 g/mol. The minimum atomic E-state index is -0.311. The standard InChI is InChI=1S/C18H16N2O6/c21-18(19-6-5-12-2-1-7-22-12)14-9-24-17(20-14)10-23-13-3-4-15-16(8-13)26-11-25-15/h1-4,7-9H,5-6,10-11H2,(H,19,21). The Balaban J connectivity index is 1.28. The minimum absolute atomic E-state index is 0.0965. The first-order chi connectivity index (χ1) is 12.8. The molecule has 1 N–H and O–H groups in total. The number of ether oxygens (including phenoxy) is 3. The van der Waals surface area contributed by atoms with E-state index in [1.165, 1.54) is 6.26 Å². The van der Waals surface area contributed by atoms with Crippen LogP contribution < -0.4 is 19.5 Å². The van der Waals surface area contributed by atoms with Gasteiger partial charge in [0.1, 0.15) is 17.8 Å². The van der Waals surface area contributed by atoms with Crippen molar-refractivity contribution in [3.8, 4) is 17.2 Å². The van der Waals surface area contributed by atoms with Crippen LogP contribution in [0.25, 0.3) is 0 Å². The van der Waals surface area contributed by atoms with E-state index < -0.39 is 0 Å². The van der Waals surface area contributed by atoms with Gasteiger partial charge in [0.25, 0.3) is 5.91 Å². The van der Waals surface area contributed by atoms with Gasteiger partial charge in [0.2, 0.25) is 12.7 Å². The van der Waals surface area contributed by atoms with Crippen molar-refractivity contribution in [2.45, 2.75) is 13.0 Å². The van der Waals surface area contributed by atoms with E-state index in [0.717, 1.165) is 5.76 Å². The van der Waals surface area contributed by atoms with Crippen LogP contribution in [0.4, 0.5) is 0 Å². The molecule has 0 radical (unpaired) electrons. The van der Waals surface area contributed by atoms with Crippen LogP contribution in [0.3, 0.4) is 0 Å². The number of oxazole rings is 1. The summed E-state index contributed by atoms with van der Waals surface area (Å²) in [5, 5.41) is 2.76. The Morgan fingerprint density at radius 1 is 1.19 bits per heavy atom. The molecule has 0 unspecified atom stereocenters. The first-order valence-corrected chi connectivity index (χ1v) is 8.05. The highest BCUT2D eigenvalue weighted by atomic mass is 16.7. The topological polar surface area (TPSA) is 96.0 Å². The van der Waals surface area contributed by atoms with Crippen molar-refractivity contribution < 1.29 is 27.8 Å². The number of amides is 1. The van der Waals surface area contributed by atoms with E-state index >= 15 is 0 Å². The second-order valence-corrected chi connectivity index (χ2v) is 5.52. The number of carbonyl (C=O) groups excluding carboxylic acids is 1. The molecule has 1 aromatic carbocycles. The van der Waals surface area contributed by atoms with E-state index in [-0.39, 0.29) is 25.0 Å². The third kappa shape index (κ3) is 3.64. The molecule has 0 atom stereocenters. The van der Waals surface area contributed by atoms with Crippen LogP contribution in [0.2, 0.25) is 0 Å². The van der Waals surface area contributed by atoms with Crippen LogP contribution in [0.15, 0.2) is 51.7 Å². The van der Waals surface area contributed by atoms with Gasteiger partial charge in [0.15, 0.2) is 23.8 Å². The summed E-state index contributed by atoms with van der Waals surface area (Å²) in [7, 11) is 0. The minimum Gasteiger partial charge on any atom is -0.484 e. The molecule has 4 rings (SSSR count). The Morgan fingerprint density at radius 3 is 3.00 bits per heavy atom. The average molecular weight is 356 g/mol. The molecule has 0 bridgehead atoms. The number of nitrogens with zero attached hydrogens (tertiary/aromatic N) is 1. The van der Waals surface area contributed by atoms with Gasteiger partial charge in [-0.05, 0) is 24.3 Å². The molecular formula is C18H16N2O6. The molecule has 26 heavy (non-hydrogen) atoms. The summed E-state index contributed by atoms with van der Waals surface area (Å²) in [6.45, 7) is 0.748. The van der Waals surface area contributed by atoms with Crippen LogP contribution >= 0.6 is 0 Å². The fraction of sp³-hybridized carbons (Fsp3) is 0.222. The SMILES string of the molecule is O=C(NCCc1ccco1)c1coc(COc2ccc3c(c2)OCO3)n1. The second kappa shape index (κ2) is 7.22. The van der Waals surface area contributed by atoms with Gasteiger partial charge in [-0.2, -0.15) is 0 Å². The Bertz CT molecular complexity index is 887. The molecule has 8 nitrogen and oxygen atoms in total. The van der Waals surface area contributed by atoms with Crippen molar-refractivity contribution in [3.05, 3.63) is 60.2 Å². The molecule has 134 valence electrons. The van der Waals surface area contributed by atoms with E-state index in [2.05, 4.69) is 10.3 Å². The molecule has 0 saturated heterocycles. The summed E-state index contributed by atoms with van der Waals surface area (Å²) >= 11 is 0. The maximum Gasteiger partial charge on any atom is 0.273 e. The summed E-state index contributed by atoms with van der Waals surface area (Å²) in [4.78, 5) is 16.2. The zero-order chi connectivity index (χ0) is 17.8. The van der Waals surface area contributed by atoms with E-state index in [0.29, 0.717) is 36.1 Å². The molecule has 1 amide bonds. The summed E-state index contributed by atoms with van der Waals surface area (Å²) in [6, 6.07) is 8.92.